The summed E-state index contributed by atoms with van der Waals surface area (Å²) in [5, 5.41) is 3.90. The minimum atomic E-state index is -0.368. The first-order valence-corrected chi connectivity index (χ1v) is 10.1. The molecular formula is C24H25ClFN3. The number of hydrogen-bond acceptors (Lipinski definition) is 2. The van der Waals surface area contributed by atoms with Crippen molar-refractivity contribution >= 4 is 28.8 Å². The first-order valence-electron chi connectivity index (χ1n) is 9.72. The highest BCUT2D eigenvalue weighted by Crippen LogP contribution is 2.37. The summed E-state index contributed by atoms with van der Waals surface area (Å²) in [6.45, 7) is 10.2. The summed E-state index contributed by atoms with van der Waals surface area (Å²) in [5.41, 5.74) is 6.52. The number of rotatable bonds is 3. The van der Waals surface area contributed by atoms with Gasteiger partial charge in [0, 0.05) is 16.9 Å². The number of nitrogens with zero attached hydrogens (tertiary/aromatic N) is 2. The third kappa shape index (κ3) is 3.99. The maximum absolute atomic E-state index is 13.6. The van der Waals surface area contributed by atoms with Gasteiger partial charge in [-0.3, -0.25) is 4.40 Å². The average Bonchev–Trinajstić information content (AvgIpc) is 3.06. The van der Waals surface area contributed by atoms with E-state index in [1.54, 1.807) is 6.07 Å². The second-order valence-corrected chi connectivity index (χ2v) is 7.09. The van der Waals surface area contributed by atoms with Gasteiger partial charge in [0.1, 0.15) is 23.0 Å². The topological polar surface area (TPSA) is 29.3 Å². The van der Waals surface area contributed by atoms with Crippen molar-refractivity contribution in [2.24, 2.45) is 0 Å². The number of aryl methyl sites for hydroxylation is 3. The van der Waals surface area contributed by atoms with Crippen molar-refractivity contribution in [3.05, 3.63) is 82.3 Å². The molecule has 0 saturated heterocycles. The lowest BCUT2D eigenvalue weighted by Gasteiger charge is -2.15. The Morgan fingerprint density at radius 1 is 0.931 bits per heavy atom. The van der Waals surface area contributed by atoms with Gasteiger partial charge < -0.3 is 5.32 Å². The Bertz CT molecular complexity index is 1140. The summed E-state index contributed by atoms with van der Waals surface area (Å²) < 4.78 is 15.6. The van der Waals surface area contributed by atoms with Gasteiger partial charge in [0.15, 0.2) is 0 Å². The number of nitrogens with one attached hydrogen (secondary N) is 1. The van der Waals surface area contributed by atoms with Crippen LogP contribution < -0.4 is 5.32 Å². The third-order valence-corrected chi connectivity index (χ3v) is 5.06. The second-order valence-electron chi connectivity index (χ2n) is 6.69. The number of halogens is 2. The van der Waals surface area contributed by atoms with Crippen LogP contribution in [0, 0.1) is 26.6 Å². The highest BCUT2D eigenvalue weighted by atomic mass is 35.5. The van der Waals surface area contributed by atoms with Gasteiger partial charge in [-0.1, -0.05) is 49.7 Å². The Morgan fingerprint density at radius 2 is 1.59 bits per heavy atom. The Kier molecular flexibility index (Phi) is 6.23. The molecule has 0 aliphatic carbocycles. The number of anilines is 2. The molecule has 1 N–H and O–H groups in total. The van der Waals surface area contributed by atoms with Crippen molar-refractivity contribution < 1.29 is 4.39 Å². The molecule has 0 fully saturated rings. The van der Waals surface area contributed by atoms with Gasteiger partial charge in [0.2, 0.25) is 0 Å². The highest BCUT2D eigenvalue weighted by Gasteiger charge is 2.19. The molecule has 0 spiro atoms. The molecule has 0 unspecified atom stereocenters. The van der Waals surface area contributed by atoms with E-state index in [0.717, 1.165) is 34.0 Å². The van der Waals surface area contributed by atoms with Crippen molar-refractivity contribution in [3.63, 3.8) is 0 Å². The van der Waals surface area contributed by atoms with Gasteiger partial charge in [-0.15, -0.1) is 0 Å². The fourth-order valence-corrected chi connectivity index (χ4v) is 3.63. The van der Waals surface area contributed by atoms with E-state index in [1.165, 1.54) is 12.1 Å². The summed E-state index contributed by atoms with van der Waals surface area (Å²) in [6, 6.07) is 16.5. The summed E-state index contributed by atoms with van der Waals surface area (Å²) in [6.07, 6.45) is 0. The number of hydrogen-bond donors (Lipinski definition) is 1. The fourth-order valence-electron chi connectivity index (χ4n) is 3.37. The van der Waals surface area contributed by atoms with Crippen LogP contribution in [-0.4, -0.2) is 9.38 Å². The van der Waals surface area contributed by atoms with Crippen LogP contribution in [0.3, 0.4) is 0 Å². The number of aromatic nitrogens is 2. The van der Waals surface area contributed by atoms with E-state index in [9.17, 15) is 4.39 Å². The average molecular weight is 410 g/mol. The fraction of sp³-hybridized carbons (Fsp3) is 0.208. The van der Waals surface area contributed by atoms with Gasteiger partial charge in [-0.05, 0) is 62.2 Å². The minimum absolute atomic E-state index is 0.334. The molecule has 0 bridgehead atoms. The first-order chi connectivity index (χ1) is 14.0. The Hall–Kier alpha value is -2.85. The molecule has 0 atom stereocenters. The zero-order valence-electron chi connectivity index (χ0n) is 17.3. The van der Waals surface area contributed by atoms with E-state index in [4.69, 9.17) is 16.6 Å². The standard InChI is InChI=1S/C22H19ClFN3.C2H6/c1-13-6-4-7-14(2)20(13)26-22-21(17-11-10-16(24)12-18(17)23)25-19-9-5-8-15(3)27(19)22;1-2/h4-12,26H,1-3H3;1-2H3. The third-order valence-electron chi connectivity index (χ3n) is 4.75. The van der Waals surface area contributed by atoms with Crippen LogP contribution in [0.5, 0.6) is 0 Å². The summed E-state index contributed by atoms with van der Waals surface area (Å²) in [4.78, 5) is 4.78. The van der Waals surface area contributed by atoms with E-state index < -0.39 is 0 Å². The molecule has 150 valence electrons. The summed E-state index contributed by atoms with van der Waals surface area (Å²) in [7, 11) is 0. The lowest BCUT2D eigenvalue weighted by Crippen LogP contribution is -2.02. The van der Waals surface area contributed by atoms with Crippen LogP contribution in [0.25, 0.3) is 16.9 Å². The number of imidazole rings is 1. The maximum atomic E-state index is 13.6. The number of benzene rings is 2. The molecule has 0 radical (unpaired) electrons. The normalized spacial score (nSPS) is 10.6. The quantitative estimate of drug-likeness (QED) is 0.379. The molecule has 4 aromatic rings. The van der Waals surface area contributed by atoms with Gasteiger partial charge in [0.25, 0.3) is 0 Å². The van der Waals surface area contributed by atoms with Crippen molar-refractivity contribution in [3.8, 4) is 11.3 Å². The predicted octanol–water partition coefficient (Wildman–Crippen LogP) is 7.49. The number of fused-ring (bicyclic) bond motifs is 1. The molecule has 2 heterocycles. The first kappa shape index (κ1) is 20.9. The zero-order chi connectivity index (χ0) is 21.1. The van der Waals surface area contributed by atoms with Gasteiger partial charge in [-0.2, -0.15) is 0 Å². The van der Waals surface area contributed by atoms with Crippen molar-refractivity contribution in [1.29, 1.82) is 0 Å². The molecular weight excluding hydrogens is 385 g/mol. The number of pyridine rings is 1. The van der Waals surface area contributed by atoms with Crippen LogP contribution in [0.4, 0.5) is 15.9 Å². The van der Waals surface area contributed by atoms with Crippen LogP contribution in [0.2, 0.25) is 5.02 Å². The Balaban J connectivity index is 0.00000117. The molecule has 3 nitrogen and oxygen atoms in total. The van der Waals surface area contributed by atoms with E-state index in [1.807, 2.05) is 45.0 Å². The SMILES string of the molecule is CC.Cc1cccc(C)c1Nc1c(-c2ccc(F)cc2Cl)nc2cccc(C)n12. The monoisotopic (exact) mass is 409 g/mol. The lowest BCUT2D eigenvalue weighted by atomic mass is 10.1. The van der Waals surface area contributed by atoms with E-state index in [2.05, 4.69) is 35.7 Å². The van der Waals surface area contributed by atoms with Crippen molar-refractivity contribution in [2.75, 3.05) is 5.32 Å². The molecule has 5 heteroatoms. The van der Waals surface area contributed by atoms with Crippen LogP contribution >= 0.6 is 11.6 Å². The largest absolute Gasteiger partial charge is 0.339 e. The molecule has 0 aliphatic rings. The molecule has 2 aromatic heterocycles. The lowest BCUT2D eigenvalue weighted by molar-refractivity contribution is 0.628. The van der Waals surface area contributed by atoms with Crippen molar-refractivity contribution in [1.82, 2.24) is 9.38 Å². The summed E-state index contributed by atoms with van der Waals surface area (Å²) >= 11 is 6.35. The van der Waals surface area contributed by atoms with Gasteiger partial charge in [0.05, 0.1) is 5.02 Å². The van der Waals surface area contributed by atoms with E-state index in [-0.39, 0.29) is 5.82 Å². The molecule has 4 rings (SSSR count). The molecule has 2 aromatic carbocycles. The summed E-state index contributed by atoms with van der Waals surface area (Å²) in [5.74, 6) is 0.446. The van der Waals surface area contributed by atoms with Crippen LogP contribution in [-0.2, 0) is 0 Å². The Morgan fingerprint density at radius 3 is 2.24 bits per heavy atom. The molecule has 0 amide bonds. The number of para-hydroxylation sites is 1. The van der Waals surface area contributed by atoms with E-state index in [0.29, 0.717) is 16.3 Å². The van der Waals surface area contributed by atoms with Crippen LogP contribution in [0.1, 0.15) is 30.7 Å². The smallest absolute Gasteiger partial charge is 0.143 e. The maximum Gasteiger partial charge on any atom is 0.143 e. The highest BCUT2D eigenvalue weighted by molar-refractivity contribution is 6.33. The van der Waals surface area contributed by atoms with Gasteiger partial charge in [-0.25, -0.2) is 9.37 Å². The van der Waals surface area contributed by atoms with Crippen LogP contribution in [0.15, 0.2) is 54.6 Å². The second kappa shape index (κ2) is 8.66. The minimum Gasteiger partial charge on any atom is -0.339 e. The molecule has 0 aliphatic heterocycles. The molecule has 29 heavy (non-hydrogen) atoms. The Labute approximate surface area is 176 Å². The predicted molar refractivity (Wildman–Crippen MR) is 121 cm³/mol. The zero-order valence-corrected chi connectivity index (χ0v) is 18.1. The van der Waals surface area contributed by atoms with Crippen molar-refractivity contribution in [2.45, 2.75) is 34.6 Å². The molecule has 0 saturated carbocycles. The van der Waals surface area contributed by atoms with Gasteiger partial charge >= 0.3 is 0 Å². The van der Waals surface area contributed by atoms with E-state index >= 15 is 0 Å².